The van der Waals surface area contributed by atoms with Crippen LogP contribution in [0.25, 0.3) is 0 Å². The fraction of sp³-hybridized carbons (Fsp3) is 0.200. The molecule has 0 aromatic carbocycles. The van der Waals surface area contributed by atoms with Gasteiger partial charge in [-0.3, -0.25) is 9.59 Å². The Morgan fingerprint density at radius 1 is 1.69 bits per heavy atom. The first-order valence-electron chi connectivity index (χ1n) is 4.32. The summed E-state index contributed by atoms with van der Waals surface area (Å²) in [5, 5.41) is 2.41. The summed E-state index contributed by atoms with van der Waals surface area (Å²) >= 11 is 3.06. The predicted molar refractivity (Wildman–Crippen MR) is 60.3 cm³/mol. The van der Waals surface area contributed by atoms with Crippen molar-refractivity contribution in [1.82, 2.24) is 5.32 Å². The van der Waals surface area contributed by atoms with Crippen molar-refractivity contribution in [3.8, 4) is 12.3 Å². The minimum atomic E-state index is -0.869. The maximum Gasteiger partial charge on any atom is 0.255 e. The second-order valence-corrected chi connectivity index (χ2v) is 3.76. The molecular formula is C10H9BrN2O3. The molecule has 2 amide bonds. The average Bonchev–Trinajstić information content (AvgIpc) is 2.64. The van der Waals surface area contributed by atoms with Crippen LogP contribution in [0.1, 0.15) is 16.8 Å². The Morgan fingerprint density at radius 3 is 2.81 bits per heavy atom. The first kappa shape index (κ1) is 12.3. The molecule has 1 heterocycles. The summed E-state index contributed by atoms with van der Waals surface area (Å²) < 4.78 is 5.31. The molecule has 0 saturated heterocycles. The molecule has 0 radical (unpaired) electrons. The number of amides is 2. The van der Waals surface area contributed by atoms with Crippen molar-refractivity contribution in [2.45, 2.75) is 12.5 Å². The van der Waals surface area contributed by atoms with Gasteiger partial charge in [0.05, 0.1) is 5.56 Å². The van der Waals surface area contributed by atoms with Crippen LogP contribution in [0.5, 0.6) is 0 Å². The second-order valence-electron chi connectivity index (χ2n) is 2.98. The van der Waals surface area contributed by atoms with E-state index < -0.39 is 17.9 Å². The molecule has 3 N–H and O–H groups in total. The monoisotopic (exact) mass is 284 g/mol. The van der Waals surface area contributed by atoms with E-state index in [1.54, 1.807) is 0 Å². The van der Waals surface area contributed by atoms with E-state index in [0.717, 1.165) is 0 Å². The Hall–Kier alpha value is -1.74. The molecule has 1 aromatic heterocycles. The molecule has 0 unspecified atom stereocenters. The molecule has 1 rings (SSSR count). The van der Waals surface area contributed by atoms with Gasteiger partial charge in [0, 0.05) is 12.5 Å². The van der Waals surface area contributed by atoms with Gasteiger partial charge in [-0.1, -0.05) is 0 Å². The molecule has 0 aliphatic rings. The van der Waals surface area contributed by atoms with Gasteiger partial charge in [-0.25, -0.2) is 0 Å². The SMILES string of the molecule is C#CC[C@H](NC(=O)c1coc(Br)c1)C(N)=O. The molecule has 5 nitrogen and oxygen atoms in total. The summed E-state index contributed by atoms with van der Waals surface area (Å²) in [4.78, 5) is 22.5. The zero-order valence-electron chi connectivity index (χ0n) is 8.20. The second kappa shape index (κ2) is 5.37. The van der Waals surface area contributed by atoms with Crippen molar-refractivity contribution in [1.29, 1.82) is 0 Å². The van der Waals surface area contributed by atoms with Crippen molar-refractivity contribution in [2.75, 3.05) is 0 Å². The number of carbonyl (C=O) groups is 2. The van der Waals surface area contributed by atoms with Gasteiger partial charge in [-0.2, -0.15) is 0 Å². The summed E-state index contributed by atoms with van der Waals surface area (Å²) in [6, 6.07) is 0.606. The van der Waals surface area contributed by atoms with E-state index >= 15 is 0 Å². The van der Waals surface area contributed by atoms with Crippen molar-refractivity contribution in [3.63, 3.8) is 0 Å². The first-order valence-corrected chi connectivity index (χ1v) is 5.11. The van der Waals surface area contributed by atoms with E-state index in [9.17, 15) is 9.59 Å². The summed E-state index contributed by atoms with van der Waals surface area (Å²) in [6.45, 7) is 0. The van der Waals surface area contributed by atoms with Gasteiger partial charge in [-0.05, 0) is 15.9 Å². The average molecular weight is 285 g/mol. The molecule has 0 aliphatic heterocycles. The third kappa shape index (κ3) is 3.14. The van der Waals surface area contributed by atoms with Crippen molar-refractivity contribution >= 4 is 27.7 Å². The van der Waals surface area contributed by atoms with Gasteiger partial charge in [0.2, 0.25) is 5.91 Å². The Kier molecular flexibility index (Phi) is 4.14. The van der Waals surface area contributed by atoms with Crippen LogP contribution in [-0.2, 0) is 4.79 Å². The van der Waals surface area contributed by atoms with E-state index in [2.05, 4.69) is 27.2 Å². The standard InChI is InChI=1S/C10H9BrN2O3/c1-2-3-7(9(12)14)13-10(15)6-4-8(11)16-5-6/h1,4-5,7H,3H2,(H2,12,14)(H,13,15)/t7-/m0/s1. The third-order valence-electron chi connectivity index (χ3n) is 1.80. The number of nitrogens with two attached hydrogens (primary N) is 1. The zero-order chi connectivity index (χ0) is 12.1. The van der Waals surface area contributed by atoms with Crippen LogP contribution in [0.3, 0.4) is 0 Å². The third-order valence-corrected chi connectivity index (χ3v) is 2.22. The first-order chi connectivity index (χ1) is 7.54. The van der Waals surface area contributed by atoms with Gasteiger partial charge >= 0.3 is 0 Å². The molecule has 0 aliphatic carbocycles. The Morgan fingerprint density at radius 2 is 2.38 bits per heavy atom. The summed E-state index contributed by atoms with van der Waals surface area (Å²) in [5.41, 5.74) is 5.36. The van der Waals surface area contributed by atoms with Crippen LogP contribution in [0.2, 0.25) is 0 Å². The molecule has 0 fully saturated rings. The van der Waals surface area contributed by atoms with Crippen molar-refractivity contribution < 1.29 is 14.0 Å². The van der Waals surface area contributed by atoms with Crippen LogP contribution in [-0.4, -0.2) is 17.9 Å². The Labute approximate surface area is 100 Å². The lowest BCUT2D eigenvalue weighted by atomic mass is 10.2. The van der Waals surface area contributed by atoms with Crippen LogP contribution in [0, 0.1) is 12.3 Å². The molecule has 0 bridgehead atoms. The quantitative estimate of drug-likeness (QED) is 0.796. The molecule has 1 aromatic rings. The summed E-state index contributed by atoms with van der Waals surface area (Å²) in [5.74, 6) is 1.13. The number of rotatable bonds is 4. The van der Waals surface area contributed by atoms with Gasteiger partial charge in [0.1, 0.15) is 12.3 Å². The molecule has 1 atom stereocenters. The number of furan rings is 1. The van der Waals surface area contributed by atoms with Gasteiger partial charge in [0.25, 0.3) is 5.91 Å². The molecule has 6 heteroatoms. The largest absolute Gasteiger partial charge is 0.457 e. The van der Waals surface area contributed by atoms with Crippen LogP contribution < -0.4 is 11.1 Å². The minimum Gasteiger partial charge on any atom is -0.457 e. The van der Waals surface area contributed by atoms with E-state index in [0.29, 0.717) is 4.67 Å². The van der Waals surface area contributed by atoms with E-state index in [-0.39, 0.29) is 12.0 Å². The van der Waals surface area contributed by atoms with Crippen LogP contribution in [0.4, 0.5) is 0 Å². The van der Waals surface area contributed by atoms with Gasteiger partial charge < -0.3 is 15.5 Å². The van der Waals surface area contributed by atoms with Gasteiger partial charge in [0.15, 0.2) is 4.67 Å². The molecule has 84 valence electrons. The maximum absolute atomic E-state index is 11.6. The van der Waals surface area contributed by atoms with Crippen molar-refractivity contribution in [3.05, 3.63) is 22.6 Å². The fourth-order valence-corrected chi connectivity index (χ4v) is 1.35. The highest BCUT2D eigenvalue weighted by molar-refractivity contribution is 9.10. The number of carbonyl (C=O) groups excluding carboxylic acids is 2. The number of nitrogens with one attached hydrogen (secondary N) is 1. The molecule has 0 saturated carbocycles. The fourth-order valence-electron chi connectivity index (χ4n) is 1.01. The number of primary amides is 1. The number of terminal acetylenes is 1. The zero-order valence-corrected chi connectivity index (χ0v) is 9.78. The normalized spacial score (nSPS) is 11.5. The minimum absolute atomic E-state index is 0.0556. The topological polar surface area (TPSA) is 85.3 Å². The molecule has 0 spiro atoms. The highest BCUT2D eigenvalue weighted by Gasteiger charge is 2.18. The molecular weight excluding hydrogens is 276 g/mol. The number of halogens is 1. The number of hydrogen-bond donors (Lipinski definition) is 2. The van der Waals surface area contributed by atoms with E-state index in [4.69, 9.17) is 16.6 Å². The summed E-state index contributed by atoms with van der Waals surface area (Å²) in [7, 11) is 0. The Bertz CT molecular complexity index is 447. The lowest BCUT2D eigenvalue weighted by Gasteiger charge is -2.11. The maximum atomic E-state index is 11.6. The Balaban J connectivity index is 2.69. The van der Waals surface area contributed by atoms with E-state index in [1.165, 1.54) is 12.3 Å². The van der Waals surface area contributed by atoms with E-state index in [1.807, 2.05) is 0 Å². The van der Waals surface area contributed by atoms with Crippen LogP contribution in [0.15, 0.2) is 21.4 Å². The molecule has 16 heavy (non-hydrogen) atoms. The van der Waals surface area contributed by atoms with Gasteiger partial charge in [-0.15, -0.1) is 12.3 Å². The highest BCUT2D eigenvalue weighted by atomic mass is 79.9. The summed E-state index contributed by atoms with van der Waals surface area (Å²) in [6.07, 6.45) is 6.36. The smallest absolute Gasteiger partial charge is 0.255 e. The highest BCUT2D eigenvalue weighted by Crippen LogP contribution is 2.13. The van der Waals surface area contributed by atoms with Crippen LogP contribution >= 0.6 is 15.9 Å². The number of hydrogen-bond acceptors (Lipinski definition) is 3. The predicted octanol–water partition coefficient (Wildman–Crippen LogP) is 0.649. The van der Waals surface area contributed by atoms with Crippen molar-refractivity contribution in [2.24, 2.45) is 5.73 Å². The lowest BCUT2D eigenvalue weighted by molar-refractivity contribution is -0.119. The lowest BCUT2D eigenvalue weighted by Crippen LogP contribution is -2.44.